The summed E-state index contributed by atoms with van der Waals surface area (Å²) in [6.45, 7) is 8.52. The molecule has 0 spiro atoms. The Kier molecular flexibility index (Phi) is 4.64. The van der Waals surface area contributed by atoms with Crippen molar-refractivity contribution in [3.05, 3.63) is 41.5 Å². The molecule has 1 atom stereocenters. The molecule has 0 radical (unpaired) electrons. The smallest absolute Gasteiger partial charge is 0.239 e. The van der Waals surface area contributed by atoms with E-state index in [2.05, 4.69) is 55.2 Å². The maximum Gasteiger partial charge on any atom is 0.239 e. The van der Waals surface area contributed by atoms with Crippen LogP contribution < -0.4 is 0 Å². The highest BCUT2D eigenvalue weighted by atomic mass is 32.2. The van der Waals surface area contributed by atoms with Gasteiger partial charge in [0.1, 0.15) is 0 Å². The number of hydrogen-bond donors (Lipinski definition) is 0. The molecule has 0 bridgehead atoms. The van der Waals surface area contributed by atoms with E-state index in [0.717, 1.165) is 12.2 Å². The van der Waals surface area contributed by atoms with Crippen LogP contribution in [0.5, 0.6) is 0 Å². The number of aryl methyl sites for hydroxylation is 1. The summed E-state index contributed by atoms with van der Waals surface area (Å²) in [6, 6.07) is 8.69. The average molecular weight is 276 g/mol. The molecular weight excluding hydrogens is 256 g/mol. The lowest BCUT2D eigenvalue weighted by atomic mass is 10.0. The molecule has 0 aliphatic carbocycles. The Morgan fingerprint density at radius 1 is 1.16 bits per heavy atom. The molecule has 0 aliphatic rings. The van der Waals surface area contributed by atoms with Gasteiger partial charge in [-0.2, -0.15) is 4.98 Å². The second kappa shape index (κ2) is 6.24. The summed E-state index contributed by atoms with van der Waals surface area (Å²) in [6.07, 6.45) is 0.809. The van der Waals surface area contributed by atoms with Gasteiger partial charge in [0.05, 0.1) is 5.25 Å². The van der Waals surface area contributed by atoms with E-state index in [1.807, 2.05) is 6.92 Å². The van der Waals surface area contributed by atoms with Crippen LogP contribution in [0, 0.1) is 0 Å². The Labute approximate surface area is 118 Å². The van der Waals surface area contributed by atoms with Crippen molar-refractivity contribution in [3.8, 4) is 0 Å². The van der Waals surface area contributed by atoms with Crippen LogP contribution >= 0.6 is 11.8 Å². The third kappa shape index (κ3) is 3.60. The Bertz CT molecular complexity index is 519. The highest BCUT2D eigenvalue weighted by Gasteiger charge is 2.15. The highest BCUT2D eigenvalue weighted by Crippen LogP contribution is 2.34. The van der Waals surface area contributed by atoms with Crippen LogP contribution in [-0.4, -0.2) is 10.1 Å². The van der Waals surface area contributed by atoms with Crippen molar-refractivity contribution in [2.24, 2.45) is 0 Å². The van der Waals surface area contributed by atoms with E-state index in [1.165, 1.54) is 10.5 Å². The fraction of sp³-hybridized carbons (Fsp3) is 0.467. The molecule has 0 N–H and O–H groups in total. The maximum absolute atomic E-state index is 5.27. The summed E-state index contributed by atoms with van der Waals surface area (Å²) in [5, 5.41) is 4.11. The summed E-state index contributed by atoms with van der Waals surface area (Å²) in [7, 11) is 0. The van der Waals surface area contributed by atoms with Crippen molar-refractivity contribution in [2.75, 3.05) is 0 Å². The van der Waals surface area contributed by atoms with Gasteiger partial charge in [0.25, 0.3) is 0 Å². The van der Waals surface area contributed by atoms with Gasteiger partial charge in [0.2, 0.25) is 5.89 Å². The lowest BCUT2D eigenvalue weighted by Crippen LogP contribution is -1.91. The van der Waals surface area contributed by atoms with E-state index in [-0.39, 0.29) is 5.25 Å². The van der Waals surface area contributed by atoms with Crippen molar-refractivity contribution in [1.29, 1.82) is 0 Å². The van der Waals surface area contributed by atoms with E-state index in [0.29, 0.717) is 11.8 Å². The first-order chi connectivity index (χ1) is 9.10. The van der Waals surface area contributed by atoms with Crippen LogP contribution in [0.25, 0.3) is 0 Å². The molecule has 102 valence electrons. The molecule has 0 saturated carbocycles. The van der Waals surface area contributed by atoms with Crippen molar-refractivity contribution in [2.45, 2.75) is 50.2 Å². The molecule has 2 rings (SSSR count). The maximum atomic E-state index is 5.27. The van der Waals surface area contributed by atoms with Crippen molar-refractivity contribution < 1.29 is 4.52 Å². The van der Waals surface area contributed by atoms with E-state index >= 15 is 0 Å². The first-order valence-electron chi connectivity index (χ1n) is 6.69. The van der Waals surface area contributed by atoms with Gasteiger partial charge in [-0.05, 0) is 30.5 Å². The van der Waals surface area contributed by atoms with E-state index in [4.69, 9.17) is 4.52 Å². The van der Waals surface area contributed by atoms with Crippen LogP contribution in [-0.2, 0) is 6.42 Å². The summed E-state index contributed by atoms with van der Waals surface area (Å²) in [4.78, 5) is 5.60. The molecule has 1 heterocycles. The number of aromatic nitrogens is 2. The first-order valence-corrected chi connectivity index (χ1v) is 7.57. The summed E-state index contributed by atoms with van der Waals surface area (Å²) < 4.78 is 5.27. The molecule has 19 heavy (non-hydrogen) atoms. The fourth-order valence-corrected chi connectivity index (χ4v) is 2.66. The zero-order valence-electron chi connectivity index (χ0n) is 11.9. The van der Waals surface area contributed by atoms with Crippen LogP contribution in [0.1, 0.15) is 56.1 Å². The zero-order chi connectivity index (χ0) is 13.8. The minimum absolute atomic E-state index is 0.178. The number of nitrogens with zero attached hydrogens (tertiary/aromatic N) is 2. The molecule has 0 aliphatic heterocycles. The average Bonchev–Trinajstić information content (AvgIpc) is 2.88. The molecule has 0 fully saturated rings. The summed E-state index contributed by atoms with van der Waals surface area (Å²) in [5.74, 6) is 2.05. The van der Waals surface area contributed by atoms with Crippen LogP contribution in [0.15, 0.2) is 33.7 Å². The van der Waals surface area contributed by atoms with Gasteiger partial charge in [0.15, 0.2) is 5.82 Å². The largest absolute Gasteiger partial charge is 0.338 e. The van der Waals surface area contributed by atoms with Gasteiger partial charge in [-0.25, -0.2) is 0 Å². The van der Waals surface area contributed by atoms with Gasteiger partial charge in [-0.15, -0.1) is 11.8 Å². The number of benzene rings is 1. The first kappa shape index (κ1) is 14.1. The van der Waals surface area contributed by atoms with Gasteiger partial charge in [0, 0.05) is 11.3 Å². The summed E-state index contributed by atoms with van der Waals surface area (Å²) >= 11 is 1.74. The van der Waals surface area contributed by atoms with Crippen LogP contribution in [0.3, 0.4) is 0 Å². The Hall–Kier alpha value is -1.29. The number of thioether (sulfide) groups is 1. The third-order valence-corrected chi connectivity index (χ3v) is 4.11. The Balaban J connectivity index is 2.03. The minimum atomic E-state index is 0.178. The van der Waals surface area contributed by atoms with Crippen LogP contribution in [0.4, 0.5) is 0 Å². The summed E-state index contributed by atoms with van der Waals surface area (Å²) in [5.41, 5.74) is 1.36. The lowest BCUT2D eigenvalue weighted by molar-refractivity contribution is 0.375. The van der Waals surface area contributed by atoms with Crippen molar-refractivity contribution in [3.63, 3.8) is 0 Å². The van der Waals surface area contributed by atoms with Crippen molar-refractivity contribution in [1.82, 2.24) is 10.1 Å². The molecule has 2 aromatic rings. The Morgan fingerprint density at radius 2 is 1.84 bits per heavy atom. The molecule has 1 unspecified atom stereocenters. The zero-order valence-corrected chi connectivity index (χ0v) is 12.7. The molecular formula is C15H20N2OS. The van der Waals surface area contributed by atoms with Gasteiger partial charge < -0.3 is 4.52 Å². The Morgan fingerprint density at radius 3 is 2.37 bits per heavy atom. The molecule has 0 saturated heterocycles. The quantitative estimate of drug-likeness (QED) is 0.748. The molecule has 4 heteroatoms. The van der Waals surface area contributed by atoms with Gasteiger partial charge in [-0.1, -0.05) is 38.1 Å². The molecule has 0 amide bonds. The van der Waals surface area contributed by atoms with Crippen molar-refractivity contribution >= 4 is 11.8 Å². The minimum Gasteiger partial charge on any atom is -0.338 e. The highest BCUT2D eigenvalue weighted by molar-refractivity contribution is 7.99. The normalized spacial score (nSPS) is 12.9. The molecule has 1 aromatic heterocycles. The van der Waals surface area contributed by atoms with E-state index in [1.54, 1.807) is 11.8 Å². The molecule has 1 aromatic carbocycles. The second-order valence-electron chi connectivity index (χ2n) is 4.89. The number of hydrogen-bond acceptors (Lipinski definition) is 4. The predicted octanol–water partition coefficient (Wildman–Crippen LogP) is 4.61. The monoisotopic (exact) mass is 276 g/mol. The SMILES string of the molecule is CCc1noc(C(C)Sc2ccc(C(C)C)cc2)n1. The van der Waals surface area contributed by atoms with Crippen LogP contribution in [0.2, 0.25) is 0 Å². The lowest BCUT2D eigenvalue weighted by Gasteiger charge is -2.09. The van der Waals surface area contributed by atoms with E-state index < -0.39 is 0 Å². The van der Waals surface area contributed by atoms with Gasteiger partial charge >= 0.3 is 0 Å². The topological polar surface area (TPSA) is 38.9 Å². The predicted molar refractivity (Wildman–Crippen MR) is 78.5 cm³/mol. The third-order valence-electron chi connectivity index (χ3n) is 3.01. The van der Waals surface area contributed by atoms with Gasteiger partial charge in [-0.3, -0.25) is 0 Å². The standard InChI is InChI=1S/C15H20N2OS/c1-5-14-16-15(18-17-14)11(4)19-13-8-6-12(7-9-13)10(2)3/h6-11H,5H2,1-4H3. The second-order valence-corrected chi connectivity index (χ2v) is 6.30. The van der Waals surface area contributed by atoms with E-state index in [9.17, 15) is 0 Å². The molecule has 3 nitrogen and oxygen atoms in total. The number of rotatable bonds is 5. The fourth-order valence-electron chi connectivity index (χ4n) is 1.76.